The maximum Gasteiger partial charge on any atom is 0.326 e. The maximum absolute atomic E-state index is 12.4. The molecule has 1 aliphatic heterocycles. The molecule has 3 aromatic carbocycles. The van der Waals surface area contributed by atoms with Crippen LogP contribution in [0.25, 0.3) is 11.1 Å². The summed E-state index contributed by atoms with van der Waals surface area (Å²) in [6, 6.07) is 24.4. The summed E-state index contributed by atoms with van der Waals surface area (Å²) in [6.07, 6.45) is 0. The molecule has 0 bridgehead atoms. The van der Waals surface area contributed by atoms with Gasteiger partial charge in [-0.05, 0) is 23.3 Å². The SMILES string of the molecule is O=C(CN1C(=O)CSc2ccccc21)OCC(=O)c1ccc(-c2ccccc2)cc1. The van der Waals surface area contributed by atoms with Crippen LogP contribution in [0, 0.1) is 0 Å². The van der Waals surface area contributed by atoms with Crippen LogP contribution in [0.2, 0.25) is 0 Å². The average molecular weight is 417 g/mol. The Morgan fingerprint density at radius 2 is 1.53 bits per heavy atom. The Bertz CT molecular complexity index is 1080. The Morgan fingerprint density at radius 1 is 0.867 bits per heavy atom. The number of esters is 1. The van der Waals surface area contributed by atoms with Crippen molar-refractivity contribution in [3.63, 3.8) is 0 Å². The van der Waals surface area contributed by atoms with Gasteiger partial charge >= 0.3 is 5.97 Å². The number of thioether (sulfide) groups is 1. The highest BCUT2D eigenvalue weighted by molar-refractivity contribution is 8.00. The van der Waals surface area contributed by atoms with Crippen molar-refractivity contribution in [1.82, 2.24) is 0 Å². The van der Waals surface area contributed by atoms with E-state index in [0.29, 0.717) is 11.3 Å². The summed E-state index contributed by atoms with van der Waals surface area (Å²) in [5, 5.41) is 0. The lowest BCUT2D eigenvalue weighted by atomic mass is 10.0. The third-order valence-electron chi connectivity index (χ3n) is 4.77. The lowest BCUT2D eigenvalue weighted by Gasteiger charge is -2.27. The first-order valence-electron chi connectivity index (χ1n) is 9.48. The number of carbonyl (C=O) groups is 3. The first-order valence-corrected chi connectivity index (χ1v) is 10.5. The van der Waals surface area contributed by atoms with Crippen LogP contribution in [0.5, 0.6) is 0 Å². The number of nitrogens with zero attached hydrogens (tertiary/aromatic N) is 1. The smallest absolute Gasteiger partial charge is 0.326 e. The van der Waals surface area contributed by atoms with E-state index in [2.05, 4.69) is 0 Å². The fraction of sp³-hybridized carbons (Fsp3) is 0.125. The molecule has 4 rings (SSSR count). The minimum atomic E-state index is -0.612. The molecule has 0 saturated carbocycles. The van der Waals surface area contributed by atoms with Gasteiger partial charge in [0, 0.05) is 10.5 Å². The lowest BCUT2D eigenvalue weighted by Crippen LogP contribution is -2.40. The summed E-state index contributed by atoms with van der Waals surface area (Å²) in [4.78, 5) is 39.2. The molecule has 0 saturated heterocycles. The van der Waals surface area contributed by atoms with E-state index >= 15 is 0 Å². The molecule has 1 heterocycles. The van der Waals surface area contributed by atoms with Crippen molar-refractivity contribution in [2.24, 2.45) is 0 Å². The van der Waals surface area contributed by atoms with Crippen molar-refractivity contribution in [2.45, 2.75) is 4.90 Å². The van der Waals surface area contributed by atoms with Crippen molar-refractivity contribution < 1.29 is 19.1 Å². The van der Waals surface area contributed by atoms with E-state index in [4.69, 9.17) is 4.74 Å². The Hall–Kier alpha value is -3.38. The highest BCUT2D eigenvalue weighted by Crippen LogP contribution is 2.34. The number of anilines is 1. The predicted octanol–water partition coefficient (Wildman–Crippen LogP) is 4.22. The van der Waals surface area contributed by atoms with Crippen molar-refractivity contribution in [3.8, 4) is 11.1 Å². The van der Waals surface area contributed by atoms with Gasteiger partial charge in [0.2, 0.25) is 5.91 Å². The zero-order valence-electron chi connectivity index (χ0n) is 16.1. The van der Waals surface area contributed by atoms with Crippen LogP contribution in [0.3, 0.4) is 0 Å². The topological polar surface area (TPSA) is 63.7 Å². The van der Waals surface area contributed by atoms with E-state index < -0.39 is 5.97 Å². The van der Waals surface area contributed by atoms with Crippen LogP contribution in [0.4, 0.5) is 5.69 Å². The third kappa shape index (κ3) is 4.44. The number of ketones is 1. The summed E-state index contributed by atoms with van der Waals surface area (Å²) >= 11 is 1.45. The molecule has 0 fully saturated rings. The molecule has 3 aromatic rings. The number of hydrogen-bond donors (Lipinski definition) is 0. The van der Waals surface area contributed by atoms with E-state index in [1.807, 2.05) is 60.7 Å². The molecule has 1 amide bonds. The van der Waals surface area contributed by atoms with Gasteiger partial charge in [-0.3, -0.25) is 19.3 Å². The quantitative estimate of drug-likeness (QED) is 0.444. The van der Waals surface area contributed by atoms with Gasteiger partial charge in [-0.1, -0.05) is 66.7 Å². The van der Waals surface area contributed by atoms with E-state index in [1.165, 1.54) is 16.7 Å². The molecule has 6 heteroatoms. The number of hydrogen-bond acceptors (Lipinski definition) is 5. The number of Topliss-reactive ketones (excluding diaryl/α,β-unsaturated/α-hetero) is 1. The number of amides is 1. The van der Waals surface area contributed by atoms with Gasteiger partial charge in [-0.25, -0.2) is 0 Å². The monoisotopic (exact) mass is 417 g/mol. The first-order chi connectivity index (χ1) is 14.6. The molecule has 0 N–H and O–H groups in total. The number of ether oxygens (including phenoxy) is 1. The second-order valence-electron chi connectivity index (χ2n) is 6.76. The summed E-state index contributed by atoms with van der Waals surface area (Å²) in [5.41, 5.74) is 3.23. The standard InChI is InChI=1S/C24H19NO4S/c26-21(19-12-10-18(11-13-19)17-6-2-1-3-7-17)15-29-24(28)14-25-20-8-4-5-9-22(20)30-16-23(25)27/h1-13H,14-16H2. The van der Waals surface area contributed by atoms with Crippen LogP contribution < -0.4 is 4.90 Å². The summed E-state index contributed by atoms with van der Waals surface area (Å²) in [7, 11) is 0. The van der Waals surface area contributed by atoms with Gasteiger partial charge in [-0.15, -0.1) is 11.8 Å². The van der Waals surface area contributed by atoms with Crippen LogP contribution in [0.15, 0.2) is 83.8 Å². The van der Waals surface area contributed by atoms with Crippen molar-refractivity contribution in [3.05, 3.63) is 84.4 Å². The highest BCUT2D eigenvalue weighted by atomic mass is 32.2. The van der Waals surface area contributed by atoms with Crippen LogP contribution in [-0.2, 0) is 14.3 Å². The predicted molar refractivity (Wildman–Crippen MR) is 117 cm³/mol. The molecule has 0 aromatic heterocycles. The number of fused-ring (bicyclic) bond motifs is 1. The fourth-order valence-electron chi connectivity index (χ4n) is 3.21. The molecular weight excluding hydrogens is 398 g/mol. The Balaban J connectivity index is 1.35. The van der Waals surface area contributed by atoms with Gasteiger partial charge < -0.3 is 4.74 Å². The number of rotatable bonds is 6. The Kier molecular flexibility index (Phi) is 5.95. The average Bonchev–Trinajstić information content (AvgIpc) is 2.80. The lowest BCUT2D eigenvalue weighted by molar-refractivity contribution is -0.141. The molecular formula is C24H19NO4S. The number of benzene rings is 3. The van der Waals surface area contributed by atoms with Gasteiger partial charge in [0.1, 0.15) is 6.54 Å². The molecule has 0 spiro atoms. The molecule has 0 radical (unpaired) electrons. The molecule has 1 aliphatic rings. The van der Waals surface area contributed by atoms with Gasteiger partial charge in [0.05, 0.1) is 11.4 Å². The normalized spacial score (nSPS) is 12.9. The Labute approximate surface area is 178 Å². The van der Waals surface area contributed by atoms with Gasteiger partial charge in [-0.2, -0.15) is 0 Å². The summed E-state index contributed by atoms with van der Waals surface area (Å²) in [6.45, 7) is -0.571. The molecule has 150 valence electrons. The van der Waals surface area contributed by atoms with Crippen LogP contribution in [-0.4, -0.2) is 36.6 Å². The fourth-order valence-corrected chi connectivity index (χ4v) is 4.15. The van der Waals surface area contributed by atoms with E-state index in [9.17, 15) is 14.4 Å². The number of para-hydroxylation sites is 1. The molecule has 0 aliphatic carbocycles. The largest absolute Gasteiger partial charge is 0.456 e. The van der Waals surface area contributed by atoms with Gasteiger partial charge in [0.25, 0.3) is 0 Å². The number of carbonyl (C=O) groups excluding carboxylic acids is 3. The molecule has 0 unspecified atom stereocenters. The summed E-state index contributed by atoms with van der Waals surface area (Å²) in [5.74, 6) is -0.779. The highest BCUT2D eigenvalue weighted by Gasteiger charge is 2.27. The minimum Gasteiger partial charge on any atom is -0.456 e. The van der Waals surface area contributed by atoms with E-state index in [-0.39, 0.29) is 30.6 Å². The van der Waals surface area contributed by atoms with Crippen molar-refractivity contribution in [2.75, 3.05) is 23.8 Å². The molecule has 0 atom stereocenters. The minimum absolute atomic E-state index is 0.154. The zero-order chi connectivity index (χ0) is 20.9. The maximum atomic E-state index is 12.4. The van der Waals surface area contributed by atoms with Crippen molar-refractivity contribution in [1.29, 1.82) is 0 Å². The van der Waals surface area contributed by atoms with E-state index in [0.717, 1.165) is 16.0 Å². The van der Waals surface area contributed by atoms with Crippen molar-refractivity contribution >= 4 is 35.1 Å². The molecule has 30 heavy (non-hydrogen) atoms. The third-order valence-corrected chi connectivity index (χ3v) is 5.82. The first kappa shape index (κ1) is 19.9. The second-order valence-corrected chi connectivity index (χ2v) is 7.78. The molecule has 5 nitrogen and oxygen atoms in total. The van der Waals surface area contributed by atoms with Crippen LogP contribution in [0.1, 0.15) is 10.4 Å². The Morgan fingerprint density at radius 3 is 2.30 bits per heavy atom. The second kappa shape index (κ2) is 8.97. The van der Waals surface area contributed by atoms with Gasteiger partial charge in [0.15, 0.2) is 12.4 Å². The summed E-state index contributed by atoms with van der Waals surface area (Å²) < 4.78 is 5.15. The van der Waals surface area contributed by atoms with Crippen LogP contribution >= 0.6 is 11.8 Å². The zero-order valence-corrected chi connectivity index (χ0v) is 16.9. The van der Waals surface area contributed by atoms with E-state index in [1.54, 1.807) is 18.2 Å².